The average molecular weight is 184 g/mol. The molecule has 0 aromatic carbocycles. The minimum absolute atomic E-state index is 0.135. The molecular formula is C7H12N4O2. The van der Waals surface area contributed by atoms with Crippen LogP contribution < -0.4 is 11.1 Å². The highest BCUT2D eigenvalue weighted by molar-refractivity contribution is 5.78. The number of aliphatic hydroxyl groups is 1. The van der Waals surface area contributed by atoms with Crippen LogP contribution in [0.25, 0.3) is 0 Å². The molecule has 0 spiro atoms. The molecule has 0 saturated heterocycles. The van der Waals surface area contributed by atoms with Crippen LogP contribution in [-0.4, -0.2) is 33.6 Å². The maximum atomic E-state index is 10.4. The van der Waals surface area contributed by atoms with E-state index in [2.05, 4.69) is 15.3 Å². The number of hydrogen-bond acceptors (Lipinski definition) is 4. The predicted molar refractivity (Wildman–Crippen MR) is 45.5 cm³/mol. The van der Waals surface area contributed by atoms with Crippen molar-refractivity contribution in [2.24, 2.45) is 5.73 Å². The smallest absolute Gasteiger partial charge is 0.247 e. The van der Waals surface area contributed by atoms with Crippen molar-refractivity contribution in [3.63, 3.8) is 0 Å². The highest BCUT2D eigenvalue weighted by Crippen LogP contribution is 1.86. The average Bonchev–Trinajstić information content (AvgIpc) is 2.56. The van der Waals surface area contributed by atoms with Gasteiger partial charge < -0.3 is 21.1 Å². The molecule has 5 N–H and O–H groups in total. The Morgan fingerprint density at radius 3 is 3.15 bits per heavy atom. The molecule has 6 heteroatoms. The second-order valence-electron chi connectivity index (χ2n) is 2.58. The lowest BCUT2D eigenvalue weighted by Crippen LogP contribution is -2.37. The predicted octanol–water partition coefficient (Wildman–Crippen LogP) is -1.65. The van der Waals surface area contributed by atoms with Gasteiger partial charge in [-0.15, -0.1) is 0 Å². The number of rotatable bonds is 5. The van der Waals surface area contributed by atoms with Gasteiger partial charge in [-0.2, -0.15) is 0 Å². The number of H-pyrrole nitrogens is 1. The van der Waals surface area contributed by atoms with E-state index in [4.69, 9.17) is 10.8 Å². The molecule has 0 aliphatic carbocycles. The van der Waals surface area contributed by atoms with Gasteiger partial charge in [0.05, 0.1) is 6.54 Å². The van der Waals surface area contributed by atoms with Crippen LogP contribution in [0, 0.1) is 0 Å². The van der Waals surface area contributed by atoms with Gasteiger partial charge in [-0.1, -0.05) is 0 Å². The van der Waals surface area contributed by atoms with Gasteiger partial charge in [0, 0.05) is 18.9 Å². The van der Waals surface area contributed by atoms with Gasteiger partial charge in [-0.05, 0) is 0 Å². The molecule has 1 aromatic rings. The fourth-order valence-corrected chi connectivity index (χ4v) is 0.823. The summed E-state index contributed by atoms with van der Waals surface area (Å²) in [5.41, 5.74) is 4.84. The summed E-state index contributed by atoms with van der Waals surface area (Å²) in [6.07, 6.45) is 2.18. The van der Waals surface area contributed by atoms with Gasteiger partial charge in [0.1, 0.15) is 11.9 Å². The van der Waals surface area contributed by atoms with Crippen molar-refractivity contribution in [1.29, 1.82) is 0 Å². The zero-order chi connectivity index (χ0) is 9.68. The summed E-state index contributed by atoms with van der Waals surface area (Å²) in [7, 11) is 0. The number of carbonyl (C=O) groups is 1. The third-order valence-corrected chi connectivity index (χ3v) is 1.51. The number of hydrogen-bond donors (Lipinski definition) is 4. The molecule has 0 bridgehead atoms. The lowest BCUT2D eigenvalue weighted by molar-refractivity contribution is -0.125. The van der Waals surface area contributed by atoms with Crippen molar-refractivity contribution in [3.8, 4) is 0 Å². The number of aromatic nitrogens is 2. The fourth-order valence-electron chi connectivity index (χ4n) is 0.823. The molecule has 1 atom stereocenters. The summed E-state index contributed by atoms with van der Waals surface area (Å²) in [5, 5.41) is 11.8. The third kappa shape index (κ3) is 3.22. The third-order valence-electron chi connectivity index (χ3n) is 1.51. The van der Waals surface area contributed by atoms with Crippen LogP contribution in [0.2, 0.25) is 0 Å². The Hall–Kier alpha value is -1.40. The topological polar surface area (TPSA) is 104 Å². The Labute approximate surface area is 75.2 Å². The number of primary amides is 1. The first-order chi connectivity index (χ1) is 6.20. The standard InChI is InChI=1S/C7H12N4O2/c8-7(13)5(12)3-9-4-6-10-1-2-11-6/h1-2,5,9,12H,3-4H2,(H2,8,13)(H,10,11). The summed E-state index contributed by atoms with van der Waals surface area (Å²) >= 11 is 0. The van der Waals surface area contributed by atoms with E-state index in [1.54, 1.807) is 12.4 Å². The van der Waals surface area contributed by atoms with Crippen LogP contribution in [0.3, 0.4) is 0 Å². The number of aliphatic hydroxyl groups excluding tert-OH is 1. The first-order valence-electron chi connectivity index (χ1n) is 3.86. The van der Waals surface area contributed by atoms with Crippen LogP contribution >= 0.6 is 0 Å². The Bertz CT molecular complexity index is 259. The van der Waals surface area contributed by atoms with E-state index in [0.29, 0.717) is 6.54 Å². The first kappa shape index (κ1) is 9.69. The van der Waals surface area contributed by atoms with E-state index >= 15 is 0 Å². The maximum absolute atomic E-state index is 10.4. The highest BCUT2D eigenvalue weighted by atomic mass is 16.3. The Balaban J connectivity index is 2.18. The molecule has 0 aliphatic heterocycles. The lowest BCUT2D eigenvalue weighted by Gasteiger charge is -2.06. The van der Waals surface area contributed by atoms with Gasteiger partial charge in [0.25, 0.3) is 0 Å². The molecule has 6 nitrogen and oxygen atoms in total. The number of aromatic amines is 1. The zero-order valence-electron chi connectivity index (χ0n) is 7.03. The van der Waals surface area contributed by atoms with Crippen molar-refractivity contribution in [2.75, 3.05) is 6.54 Å². The molecule has 1 unspecified atom stereocenters. The van der Waals surface area contributed by atoms with Gasteiger partial charge in [-0.25, -0.2) is 4.98 Å². The lowest BCUT2D eigenvalue weighted by atomic mass is 10.3. The molecule has 72 valence electrons. The quantitative estimate of drug-likeness (QED) is 0.440. The summed E-state index contributed by atoms with van der Waals surface area (Å²) in [6, 6.07) is 0. The van der Waals surface area contributed by atoms with Gasteiger partial charge in [0.2, 0.25) is 5.91 Å². The van der Waals surface area contributed by atoms with Crippen LogP contribution in [0.15, 0.2) is 12.4 Å². The zero-order valence-corrected chi connectivity index (χ0v) is 7.03. The molecule has 0 radical (unpaired) electrons. The van der Waals surface area contributed by atoms with E-state index in [-0.39, 0.29) is 6.54 Å². The molecule has 1 rings (SSSR count). The van der Waals surface area contributed by atoms with Gasteiger partial charge in [-0.3, -0.25) is 4.79 Å². The summed E-state index contributed by atoms with van der Waals surface area (Å²) < 4.78 is 0. The van der Waals surface area contributed by atoms with Crippen LogP contribution in [0.5, 0.6) is 0 Å². The summed E-state index contributed by atoms with van der Waals surface area (Å²) in [6.45, 7) is 0.605. The monoisotopic (exact) mass is 184 g/mol. The molecular weight excluding hydrogens is 172 g/mol. The Morgan fingerprint density at radius 2 is 2.62 bits per heavy atom. The van der Waals surface area contributed by atoms with Crippen molar-refractivity contribution in [3.05, 3.63) is 18.2 Å². The molecule has 0 fully saturated rings. The molecule has 0 aliphatic rings. The number of nitrogens with zero attached hydrogens (tertiary/aromatic N) is 1. The number of amides is 1. The number of nitrogens with one attached hydrogen (secondary N) is 2. The number of carbonyl (C=O) groups excluding carboxylic acids is 1. The van der Waals surface area contributed by atoms with Crippen molar-refractivity contribution in [1.82, 2.24) is 15.3 Å². The largest absolute Gasteiger partial charge is 0.382 e. The summed E-state index contributed by atoms with van der Waals surface area (Å²) in [4.78, 5) is 17.2. The molecule has 13 heavy (non-hydrogen) atoms. The molecule has 1 heterocycles. The second kappa shape index (κ2) is 4.58. The van der Waals surface area contributed by atoms with E-state index in [0.717, 1.165) is 5.82 Å². The molecule has 1 aromatic heterocycles. The number of nitrogens with two attached hydrogens (primary N) is 1. The van der Waals surface area contributed by atoms with Crippen molar-refractivity contribution >= 4 is 5.91 Å². The highest BCUT2D eigenvalue weighted by Gasteiger charge is 2.09. The van der Waals surface area contributed by atoms with Crippen molar-refractivity contribution < 1.29 is 9.90 Å². The fraction of sp³-hybridized carbons (Fsp3) is 0.429. The minimum atomic E-state index is -1.14. The Morgan fingerprint density at radius 1 is 1.85 bits per heavy atom. The van der Waals surface area contributed by atoms with Gasteiger partial charge in [0.15, 0.2) is 0 Å². The molecule has 0 saturated carbocycles. The first-order valence-corrected chi connectivity index (χ1v) is 3.86. The normalized spacial score (nSPS) is 12.7. The minimum Gasteiger partial charge on any atom is -0.382 e. The second-order valence-corrected chi connectivity index (χ2v) is 2.58. The Kier molecular flexibility index (Phi) is 3.41. The van der Waals surface area contributed by atoms with Crippen LogP contribution in [0.1, 0.15) is 5.82 Å². The van der Waals surface area contributed by atoms with E-state index < -0.39 is 12.0 Å². The van der Waals surface area contributed by atoms with Gasteiger partial charge >= 0.3 is 0 Å². The molecule has 1 amide bonds. The van der Waals surface area contributed by atoms with E-state index in [9.17, 15) is 4.79 Å². The SMILES string of the molecule is NC(=O)C(O)CNCc1ncc[nH]1. The van der Waals surface area contributed by atoms with Crippen molar-refractivity contribution in [2.45, 2.75) is 12.6 Å². The summed E-state index contributed by atoms with van der Waals surface area (Å²) in [5.74, 6) is 0.0172. The maximum Gasteiger partial charge on any atom is 0.247 e. The van der Waals surface area contributed by atoms with E-state index in [1.807, 2.05) is 0 Å². The number of imidazole rings is 1. The van der Waals surface area contributed by atoms with E-state index in [1.165, 1.54) is 0 Å². The van der Waals surface area contributed by atoms with Crippen LogP contribution in [-0.2, 0) is 11.3 Å². The van der Waals surface area contributed by atoms with Crippen LogP contribution in [0.4, 0.5) is 0 Å².